The van der Waals surface area contributed by atoms with Gasteiger partial charge in [0.05, 0.1) is 13.2 Å². The van der Waals surface area contributed by atoms with Gasteiger partial charge in [0.15, 0.2) is 0 Å². The summed E-state index contributed by atoms with van der Waals surface area (Å²) in [6, 6.07) is -0.938. The highest BCUT2D eigenvalue weighted by molar-refractivity contribution is 6.04. The van der Waals surface area contributed by atoms with E-state index in [1.165, 1.54) is 4.90 Å². The number of carbonyl (C=O) groups excluding carboxylic acids is 2. The molecule has 0 aromatic heterocycles. The lowest BCUT2D eigenvalue weighted by Crippen LogP contribution is -2.37. The van der Waals surface area contributed by atoms with E-state index in [4.69, 9.17) is 0 Å². The predicted octanol–water partition coefficient (Wildman–Crippen LogP) is 1.33. The van der Waals surface area contributed by atoms with Gasteiger partial charge in [0.1, 0.15) is 12.6 Å². The van der Waals surface area contributed by atoms with Gasteiger partial charge in [-0.3, -0.25) is 9.69 Å². The summed E-state index contributed by atoms with van der Waals surface area (Å²) >= 11 is 0. The van der Waals surface area contributed by atoms with Gasteiger partial charge in [0, 0.05) is 6.54 Å². The summed E-state index contributed by atoms with van der Waals surface area (Å²) in [5.74, 6) is -4.60. The van der Waals surface area contributed by atoms with Gasteiger partial charge in [-0.15, -0.1) is 0 Å². The van der Waals surface area contributed by atoms with Crippen LogP contribution in [0.2, 0.25) is 0 Å². The van der Waals surface area contributed by atoms with Crippen molar-refractivity contribution in [1.29, 1.82) is 0 Å². The van der Waals surface area contributed by atoms with E-state index in [1.807, 2.05) is 0 Å². The largest absolute Gasteiger partial charge is 0.373 e. The van der Waals surface area contributed by atoms with Gasteiger partial charge < -0.3 is 9.64 Å². The Bertz CT molecular complexity index is 383. The SMILES string of the molecule is O=C1[C@@H]2CCCN2C(=O)N1CCOCC(F)(F)C(F)F. The third kappa shape index (κ3) is 2.72. The molecular weight excluding hydrogens is 284 g/mol. The predicted molar refractivity (Wildman–Crippen MR) is 58.6 cm³/mol. The standard InChI is InChI=1S/C11H14F4N2O3/c12-9(13)11(14,15)6-20-5-4-17-8(18)7-2-1-3-16(7)10(17)19/h7,9H,1-6H2/t7-/m0/s1. The quantitative estimate of drug-likeness (QED) is 0.422. The number of imide groups is 1. The molecule has 2 aliphatic heterocycles. The molecule has 3 amide bonds. The zero-order valence-electron chi connectivity index (χ0n) is 10.5. The minimum atomic E-state index is -4.22. The highest BCUT2D eigenvalue weighted by Crippen LogP contribution is 2.27. The highest BCUT2D eigenvalue weighted by Gasteiger charge is 2.47. The summed E-state index contributed by atoms with van der Waals surface area (Å²) in [5.41, 5.74) is 0. The van der Waals surface area contributed by atoms with Crippen molar-refractivity contribution in [2.75, 3.05) is 26.3 Å². The average Bonchev–Trinajstić information content (AvgIpc) is 2.92. The molecule has 20 heavy (non-hydrogen) atoms. The maximum absolute atomic E-state index is 12.6. The summed E-state index contributed by atoms with van der Waals surface area (Å²) in [6.45, 7) is -1.53. The van der Waals surface area contributed by atoms with Crippen molar-refractivity contribution in [3.8, 4) is 0 Å². The number of rotatable bonds is 6. The Morgan fingerprint density at radius 2 is 2.05 bits per heavy atom. The van der Waals surface area contributed by atoms with Gasteiger partial charge in [-0.05, 0) is 12.8 Å². The van der Waals surface area contributed by atoms with Crippen LogP contribution in [0.25, 0.3) is 0 Å². The Hall–Kier alpha value is -1.38. The van der Waals surface area contributed by atoms with Gasteiger partial charge in [0.2, 0.25) is 0 Å². The number of amides is 3. The van der Waals surface area contributed by atoms with Crippen molar-refractivity contribution >= 4 is 11.9 Å². The fraction of sp³-hybridized carbons (Fsp3) is 0.818. The normalized spacial score (nSPS) is 23.1. The van der Waals surface area contributed by atoms with Crippen LogP contribution < -0.4 is 0 Å². The fourth-order valence-corrected chi connectivity index (χ4v) is 2.31. The van der Waals surface area contributed by atoms with E-state index >= 15 is 0 Å². The summed E-state index contributed by atoms with van der Waals surface area (Å²) in [4.78, 5) is 26.0. The van der Waals surface area contributed by atoms with E-state index in [0.717, 1.165) is 11.3 Å². The molecular formula is C11H14F4N2O3. The van der Waals surface area contributed by atoms with Gasteiger partial charge in [-0.1, -0.05) is 0 Å². The lowest BCUT2D eigenvalue weighted by molar-refractivity contribution is -0.166. The number of ether oxygens (including phenoxy) is 1. The van der Waals surface area contributed by atoms with Crippen LogP contribution in [0, 0.1) is 0 Å². The van der Waals surface area contributed by atoms with Crippen molar-refractivity contribution in [2.24, 2.45) is 0 Å². The first-order valence-corrected chi connectivity index (χ1v) is 6.20. The van der Waals surface area contributed by atoms with E-state index in [-0.39, 0.29) is 19.1 Å². The van der Waals surface area contributed by atoms with Crippen LogP contribution >= 0.6 is 0 Å². The van der Waals surface area contributed by atoms with E-state index in [0.29, 0.717) is 13.0 Å². The molecule has 0 bridgehead atoms. The number of urea groups is 1. The molecule has 0 aromatic carbocycles. The average molecular weight is 298 g/mol. The zero-order chi connectivity index (χ0) is 14.9. The maximum Gasteiger partial charge on any atom is 0.330 e. The third-order valence-corrected chi connectivity index (χ3v) is 3.35. The molecule has 0 unspecified atom stereocenters. The Kier molecular flexibility index (Phi) is 4.17. The third-order valence-electron chi connectivity index (χ3n) is 3.35. The smallest absolute Gasteiger partial charge is 0.330 e. The van der Waals surface area contributed by atoms with Gasteiger partial charge >= 0.3 is 18.4 Å². The van der Waals surface area contributed by atoms with Crippen LogP contribution in [-0.2, 0) is 9.53 Å². The van der Waals surface area contributed by atoms with Gasteiger partial charge in [-0.2, -0.15) is 8.78 Å². The Morgan fingerprint density at radius 1 is 1.35 bits per heavy atom. The second kappa shape index (κ2) is 5.55. The Labute approximate surface area is 112 Å². The van der Waals surface area contributed by atoms with Crippen molar-refractivity contribution < 1.29 is 31.9 Å². The van der Waals surface area contributed by atoms with Crippen molar-refractivity contribution in [2.45, 2.75) is 31.2 Å². The topological polar surface area (TPSA) is 49.9 Å². The molecule has 0 aromatic rings. The van der Waals surface area contributed by atoms with Crippen LogP contribution in [0.5, 0.6) is 0 Å². The molecule has 2 saturated heterocycles. The summed E-state index contributed by atoms with van der Waals surface area (Å²) in [5, 5.41) is 0. The molecule has 0 spiro atoms. The van der Waals surface area contributed by atoms with E-state index in [2.05, 4.69) is 4.74 Å². The maximum atomic E-state index is 12.6. The molecule has 1 atom stereocenters. The first-order chi connectivity index (χ1) is 9.34. The molecule has 5 nitrogen and oxygen atoms in total. The summed E-state index contributed by atoms with van der Waals surface area (Å²) in [7, 11) is 0. The van der Waals surface area contributed by atoms with E-state index in [1.54, 1.807) is 0 Å². The Balaban J connectivity index is 1.78. The molecule has 2 heterocycles. The van der Waals surface area contributed by atoms with Gasteiger partial charge in [-0.25, -0.2) is 13.6 Å². The number of fused-ring (bicyclic) bond motifs is 1. The van der Waals surface area contributed by atoms with Crippen LogP contribution in [0.1, 0.15) is 12.8 Å². The minimum Gasteiger partial charge on any atom is -0.373 e. The van der Waals surface area contributed by atoms with Crippen LogP contribution in [0.4, 0.5) is 22.4 Å². The number of carbonyl (C=O) groups is 2. The van der Waals surface area contributed by atoms with Crippen molar-refractivity contribution in [3.63, 3.8) is 0 Å². The zero-order valence-corrected chi connectivity index (χ0v) is 10.5. The second-order valence-electron chi connectivity index (χ2n) is 4.74. The molecule has 9 heteroatoms. The molecule has 0 N–H and O–H groups in total. The van der Waals surface area contributed by atoms with E-state index < -0.39 is 31.0 Å². The number of nitrogens with zero attached hydrogens (tertiary/aromatic N) is 2. The van der Waals surface area contributed by atoms with Crippen LogP contribution in [0.15, 0.2) is 0 Å². The van der Waals surface area contributed by atoms with Crippen molar-refractivity contribution in [1.82, 2.24) is 9.80 Å². The molecule has 2 fully saturated rings. The number of alkyl halides is 4. The summed E-state index contributed by atoms with van der Waals surface area (Å²) < 4.78 is 53.3. The lowest BCUT2D eigenvalue weighted by Gasteiger charge is -2.18. The summed E-state index contributed by atoms with van der Waals surface area (Å²) in [6.07, 6.45) is -2.46. The monoisotopic (exact) mass is 298 g/mol. The van der Waals surface area contributed by atoms with Crippen molar-refractivity contribution in [3.05, 3.63) is 0 Å². The van der Waals surface area contributed by atoms with E-state index in [9.17, 15) is 27.2 Å². The van der Waals surface area contributed by atoms with Crippen LogP contribution in [-0.4, -0.2) is 66.4 Å². The fourth-order valence-electron chi connectivity index (χ4n) is 2.31. The first-order valence-electron chi connectivity index (χ1n) is 6.20. The van der Waals surface area contributed by atoms with Gasteiger partial charge in [0.25, 0.3) is 5.91 Å². The molecule has 0 radical (unpaired) electrons. The molecule has 2 aliphatic rings. The number of halogens is 4. The lowest BCUT2D eigenvalue weighted by atomic mass is 10.2. The molecule has 114 valence electrons. The number of hydrogen-bond acceptors (Lipinski definition) is 3. The molecule has 2 rings (SSSR count). The minimum absolute atomic E-state index is 0.204. The Morgan fingerprint density at radius 3 is 2.65 bits per heavy atom. The number of hydrogen-bond donors (Lipinski definition) is 0. The highest BCUT2D eigenvalue weighted by atomic mass is 19.3. The second-order valence-corrected chi connectivity index (χ2v) is 4.74. The molecule has 0 aliphatic carbocycles. The first kappa shape index (κ1) is 15.0. The molecule has 0 saturated carbocycles. The van der Waals surface area contributed by atoms with Crippen LogP contribution in [0.3, 0.4) is 0 Å².